The van der Waals surface area contributed by atoms with Gasteiger partial charge >= 0.3 is 0 Å². The molecule has 0 aromatic heterocycles. The number of nitrogens with one attached hydrogen (secondary N) is 1. The number of methoxy groups -OCH3 is 3. The average molecular weight is 451 g/mol. The van der Waals surface area contributed by atoms with Gasteiger partial charge in [0.2, 0.25) is 11.7 Å². The van der Waals surface area contributed by atoms with E-state index in [9.17, 15) is 9.59 Å². The first-order valence-corrected chi connectivity index (χ1v) is 10.9. The molecule has 1 heterocycles. The van der Waals surface area contributed by atoms with Gasteiger partial charge in [-0.3, -0.25) is 14.5 Å². The van der Waals surface area contributed by atoms with E-state index in [0.29, 0.717) is 46.9 Å². The summed E-state index contributed by atoms with van der Waals surface area (Å²) in [7, 11) is 4.64. The lowest BCUT2D eigenvalue weighted by atomic mass is 9.73. The van der Waals surface area contributed by atoms with Crippen LogP contribution in [0.25, 0.3) is 0 Å². The van der Waals surface area contributed by atoms with Crippen LogP contribution in [0, 0.1) is 5.41 Å². The number of rotatable bonds is 4. The van der Waals surface area contributed by atoms with Gasteiger partial charge in [-0.05, 0) is 36.1 Å². The first-order valence-electron chi connectivity index (χ1n) is 10.9. The number of nitrogens with zero attached hydrogens (tertiary/aromatic N) is 1. The van der Waals surface area contributed by atoms with E-state index in [-0.39, 0.29) is 17.1 Å². The SMILES string of the molecule is COc1ccc([C@@H]2C3=C(CC(C)(C)CC3=O)Nc3ccccc3N2C(C)=O)c(OC)c1OC. The van der Waals surface area contributed by atoms with Gasteiger partial charge in [0.15, 0.2) is 17.3 Å². The van der Waals surface area contributed by atoms with Crippen molar-refractivity contribution in [2.24, 2.45) is 5.41 Å². The number of ketones is 1. The minimum absolute atomic E-state index is 0.00893. The standard InChI is InChI=1S/C26H30N2O5/c1-15(29)28-19-10-8-7-9-17(19)27-18-13-26(2,3)14-20(30)22(18)23(28)16-11-12-21(31-4)25(33-6)24(16)32-5/h7-12,23,27H,13-14H2,1-6H3/t23-/m1/s1. The number of para-hydroxylation sites is 2. The van der Waals surface area contributed by atoms with Crippen molar-refractivity contribution in [2.45, 2.75) is 39.7 Å². The molecule has 0 saturated carbocycles. The summed E-state index contributed by atoms with van der Waals surface area (Å²) in [4.78, 5) is 28.5. The predicted octanol–water partition coefficient (Wildman–Crippen LogP) is 4.88. The normalized spacial score (nSPS) is 19.2. The van der Waals surface area contributed by atoms with Crippen molar-refractivity contribution >= 4 is 23.1 Å². The summed E-state index contributed by atoms with van der Waals surface area (Å²) in [6.45, 7) is 5.68. The van der Waals surface area contributed by atoms with Gasteiger partial charge in [-0.15, -0.1) is 0 Å². The maximum atomic E-state index is 13.6. The maximum absolute atomic E-state index is 13.6. The zero-order valence-electron chi connectivity index (χ0n) is 19.9. The molecule has 7 heteroatoms. The first-order chi connectivity index (χ1) is 15.7. The second kappa shape index (κ2) is 8.46. The Labute approximate surface area is 194 Å². The molecule has 2 aliphatic rings. The fourth-order valence-electron chi connectivity index (χ4n) is 4.97. The molecular weight excluding hydrogens is 420 g/mol. The van der Waals surface area contributed by atoms with Crippen LogP contribution in [0.15, 0.2) is 47.7 Å². The largest absolute Gasteiger partial charge is 0.493 e. The lowest BCUT2D eigenvalue weighted by Gasteiger charge is -2.37. The number of carbonyl (C=O) groups excluding carboxylic acids is 2. The zero-order valence-corrected chi connectivity index (χ0v) is 19.9. The molecule has 7 nitrogen and oxygen atoms in total. The number of amides is 1. The van der Waals surface area contributed by atoms with E-state index in [1.165, 1.54) is 14.0 Å². The molecule has 0 radical (unpaired) electrons. The number of benzene rings is 2. The second-order valence-corrected chi connectivity index (χ2v) is 9.19. The molecule has 0 fully saturated rings. The lowest BCUT2D eigenvalue weighted by Crippen LogP contribution is -2.38. The third kappa shape index (κ3) is 3.81. The van der Waals surface area contributed by atoms with Crippen molar-refractivity contribution < 1.29 is 23.8 Å². The molecule has 1 amide bonds. The molecular formula is C26H30N2O5. The Balaban J connectivity index is 2.07. The third-order valence-corrected chi connectivity index (χ3v) is 6.27. The summed E-state index contributed by atoms with van der Waals surface area (Å²) in [5.74, 6) is 1.17. The topological polar surface area (TPSA) is 77.1 Å². The monoisotopic (exact) mass is 450 g/mol. The third-order valence-electron chi connectivity index (χ3n) is 6.27. The Kier molecular flexibility index (Phi) is 5.82. The molecule has 2 aromatic carbocycles. The van der Waals surface area contributed by atoms with Crippen LogP contribution in [-0.2, 0) is 9.59 Å². The molecule has 1 aliphatic heterocycles. The van der Waals surface area contributed by atoms with Crippen LogP contribution in [0.2, 0.25) is 0 Å². The Bertz CT molecular complexity index is 1150. The number of allylic oxidation sites excluding steroid dienone is 1. The van der Waals surface area contributed by atoms with Crippen LogP contribution in [0.1, 0.15) is 45.2 Å². The highest BCUT2D eigenvalue weighted by atomic mass is 16.5. The highest BCUT2D eigenvalue weighted by molar-refractivity contribution is 6.06. The fourth-order valence-corrected chi connectivity index (χ4v) is 4.97. The highest BCUT2D eigenvalue weighted by Gasteiger charge is 2.44. The molecule has 1 aliphatic carbocycles. The number of Topliss-reactive ketones (excluding diaryl/α,β-unsaturated/α-hetero) is 1. The van der Waals surface area contributed by atoms with Crippen molar-refractivity contribution in [3.05, 3.63) is 53.2 Å². The van der Waals surface area contributed by atoms with Crippen LogP contribution in [-0.4, -0.2) is 33.0 Å². The first kappa shape index (κ1) is 22.7. The lowest BCUT2D eigenvalue weighted by molar-refractivity contribution is -0.118. The number of carbonyl (C=O) groups is 2. The number of fused-ring (bicyclic) bond motifs is 1. The minimum atomic E-state index is -0.688. The number of anilines is 2. The summed E-state index contributed by atoms with van der Waals surface area (Å²) in [6.07, 6.45) is 1.07. The molecule has 1 N–H and O–H groups in total. The number of hydrogen-bond acceptors (Lipinski definition) is 6. The molecule has 33 heavy (non-hydrogen) atoms. The second-order valence-electron chi connectivity index (χ2n) is 9.19. The van der Waals surface area contributed by atoms with E-state index in [1.807, 2.05) is 30.3 Å². The van der Waals surface area contributed by atoms with Crippen LogP contribution in [0.4, 0.5) is 11.4 Å². The van der Waals surface area contributed by atoms with Gasteiger partial charge in [0.25, 0.3) is 0 Å². The fraction of sp³-hybridized carbons (Fsp3) is 0.385. The number of hydrogen-bond donors (Lipinski definition) is 1. The highest BCUT2D eigenvalue weighted by Crippen LogP contribution is 2.52. The Morgan fingerprint density at radius 3 is 2.33 bits per heavy atom. The summed E-state index contributed by atoms with van der Waals surface area (Å²) in [5.41, 5.74) is 3.35. The zero-order chi connectivity index (χ0) is 23.9. The Hall–Kier alpha value is -3.48. The number of ether oxygens (including phenoxy) is 3. The quantitative estimate of drug-likeness (QED) is 0.716. The van der Waals surface area contributed by atoms with Crippen LogP contribution in [0.5, 0.6) is 17.2 Å². The van der Waals surface area contributed by atoms with E-state index < -0.39 is 6.04 Å². The summed E-state index contributed by atoms with van der Waals surface area (Å²) < 4.78 is 16.8. The van der Waals surface area contributed by atoms with Crippen molar-refractivity contribution in [1.29, 1.82) is 0 Å². The van der Waals surface area contributed by atoms with Gasteiger partial charge < -0.3 is 19.5 Å². The molecule has 0 unspecified atom stereocenters. The molecule has 0 saturated heterocycles. The molecule has 2 aromatic rings. The van der Waals surface area contributed by atoms with E-state index >= 15 is 0 Å². The van der Waals surface area contributed by atoms with Gasteiger partial charge in [0, 0.05) is 30.2 Å². The van der Waals surface area contributed by atoms with Crippen LogP contribution >= 0.6 is 0 Å². The van der Waals surface area contributed by atoms with Gasteiger partial charge in [0.1, 0.15) is 0 Å². The Morgan fingerprint density at radius 2 is 1.70 bits per heavy atom. The van der Waals surface area contributed by atoms with Crippen molar-refractivity contribution in [3.63, 3.8) is 0 Å². The average Bonchev–Trinajstić information content (AvgIpc) is 2.91. The smallest absolute Gasteiger partial charge is 0.224 e. The van der Waals surface area contributed by atoms with Gasteiger partial charge in [-0.25, -0.2) is 0 Å². The molecule has 1 atom stereocenters. The molecule has 4 rings (SSSR count). The van der Waals surface area contributed by atoms with Crippen molar-refractivity contribution in [3.8, 4) is 17.2 Å². The van der Waals surface area contributed by atoms with E-state index in [2.05, 4.69) is 19.2 Å². The van der Waals surface area contributed by atoms with E-state index in [1.54, 1.807) is 25.2 Å². The summed E-state index contributed by atoms with van der Waals surface area (Å²) in [6, 6.07) is 10.5. The maximum Gasteiger partial charge on any atom is 0.224 e. The Morgan fingerprint density at radius 1 is 1.00 bits per heavy atom. The van der Waals surface area contributed by atoms with Crippen LogP contribution < -0.4 is 24.4 Å². The molecule has 0 bridgehead atoms. The van der Waals surface area contributed by atoms with Crippen molar-refractivity contribution in [1.82, 2.24) is 0 Å². The van der Waals surface area contributed by atoms with Gasteiger partial charge in [-0.1, -0.05) is 26.0 Å². The van der Waals surface area contributed by atoms with E-state index in [4.69, 9.17) is 14.2 Å². The van der Waals surface area contributed by atoms with Crippen molar-refractivity contribution in [2.75, 3.05) is 31.5 Å². The molecule has 0 spiro atoms. The predicted molar refractivity (Wildman–Crippen MR) is 127 cm³/mol. The van der Waals surface area contributed by atoms with Gasteiger partial charge in [0.05, 0.1) is 38.7 Å². The summed E-state index contributed by atoms with van der Waals surface area (Å²) >= 11 is 0. The van der Waals surface area contributed by atoms with Gasteiger partial charge in [-0.2, -0.15) is 0 Å². The molecule has 174 valence electrons. The minimum Gasteiger partial charge on any atom is -0.493 e. The van der Waals surface area contributed by atoms with E-state index in [0.717, 1.165) is 11.4 Å². The summed E-state index contributed by atoms with van der Waals surface area (Å²) in [5, 5.41) is 3.49. The van der Waals surface area contributed by atoms with Crippen LogP contribution in [0.3, 0.4) is 0 Å².